The molecule has 0 aliphatic carbocycles. The van der Waals surface area contributed by atoms with Crippen LogP contribution < -0.4 is 11.1 Å². The van der Waals surface area contributed by atoms with Crippen LogP contribution in [0, 0.1) is 5.41 Å². The number of nitrogens with one attached hydrogen (secondary N) is 1. The molecule has 0 fully saturated rings. The highest BCUT2D eigenvalue weighted by Crippen LogP contribution is 2.22. The van der Waals surface area contributed by atoms with E-state index in [1.807, 2.05) is 24.3 Å². The fourth-order valence-electron chi connectivity index (χ4n) is 2.17. The molecule has 0 bridgehead atoms. The van der Waals surface area contributed by atoms with Crippen molar-refractivity contribution in [3.63, 3.8) is 0 Å². The lowest BCUT2D eigenvalue weighted by Crippen LogP contribution is -2.45. The van der Waals surface area contributed by atoms with Crippen LogP contribution >= 0.6 is 0 Å². The average Bonchev–Trinajstić information content (AvgIpc) is 2.37. The molecule has 0 heterocycles. The summed E-state index contributed by atoms with van der Waals surface area (Å²) in [7, 11) is 0. The lowest BCUT2D eigenvalue weighted by atomic mass is 9.84. The third-order valence-electron chi connectivity index (χ3n) is 3.45. The number of aryl methyl sites for hydroxylation is 1. The average molecular weight is 262 g/mol. The molecule has 0 aromatic heterocycles. The van der Waals surface area contributed by atoms with Gasteiger partial charge in [-0.1, -0.05) is 45.9 Å². The molecular formula is C16H26N2O. The van der Waals surface area contributed by atoms with Crippen LogP contribution in [0.5, 0.6) is 0 Å². The van der Waals surface area contributed by atoms with Crippen molar-refractivity contribution in [2.45, 2.75) is 46.6 Å². The van der Waals surface area contributed by atoms with Crippen molar-refractivity contribution in [1.29, 1.82) is 0 Å². The van der Waals surface area contributed by atoms with E-state index in [1.165, 1.54) is 0 Å². The topological polar surface area (TPSA) is 55.1 Å². The molecule has 0 spiro atoms. The molecule has 3 nitrogen and oxygen atoms in total. The fourth-order valence-corrected chi connectivity index (χ4v) is 2.17. The molecule has 0 saturated carbocycles. The van der Waals surface area contributed by atoms with Gasteiger partial charge in [0.15, 0.2) is 0 Å². The lowest BCUT2D eigenvalue weighted by Gasteiger charge is -2.31. The number of hydrogen-bond acceptors (Lipinski definition) is 2. The van der Waals surface area contributed by atoms with E-state index < -0.39 is 0 Å². The summed E-state index contributed by atoms with van der Waals surface area (Å²) in [5.74, 6) is 0.00539. The summed E-state index contributed by atoms with van der Waals surface area (Å²) >= 11 is 0. The van der Waals surface area contributed by atoms with Crippen LogP contribution in [0.2, 0.25) is 0 Å². The summed E-state index contributed by atoms with van der Waals surface area (Å²) < 4.78 is 0. The summed E-state index contributed by atoms with van der Waals surface area (Å²) in [5, 5.41) is 3.13. The van der Waals surface area contributed by atoms with Gasteiger partial charge in [0.25, 0.3) is 5.91 Å². The Morgan fingerprint density at radius 1 is 1.32 bits per heavy atom. The van der Waals surface area contributed by atoms with E-state index in [0.717, 1.165) is 24.0 Å². The van der Waals surface area contributed by atoms with E-state index in [4.69, 9.17) is 5.73 Å². The van der Waals surface area contributed by atoms with Gasteiger partial charge < -0.3 is 11.1 Å². The molecule has 106 valence electrons. The first-order valence-electron chi connectivity index (χ1n) is 6.99. The highest BCUT2D eigenvalue weighted by molar-refractivity contribution is 5.95. The van der Waals surface area contributed by atoms with Crippen molar-refractivity contribution < 1.29 is 4.79 Å². The molecule has 0 aliphatic heterocycles. The van der Waals surface area contributed by atoms with E-state index in [1.54, 1.807) is 0 Å². The zero-order valence-electron chi connectivity index (χ0n) is 12.5. The summed E-state index contributed by atoms with van der Waals surface area (Å²) in [6.45, 7) is 9.02. The Hall–Kier alpha value is -1.35. The molecule has 1 unspecified atom stereocenters. The Morgan fingerprint density at radius 2 is 1.95 bits per heavy atom. The van der Waals surface area contributed by atoms with E-state index in [0.29, 0.717) is 6.54 Å². The molecule has 1 atom stereocenters. The van der Waals surface area contributed by atoms with Gasteiger partial charge in [0, 0.05) is 11.6 Å². The third-order valence-corrected chi connectivity index (χ3v) is 3.45. The zero-order valence-corrected chi connectivity index (χ0v) is 12.5. The van der Waals surface area contributed by atoms with Crippen molar-refractivity contribution in [2.75, 3.05) is 6.54 Å². The number of benzene rings is 1. The number of amides is 1. The number of carbonyl (C=O) groups excluding carboxylic acids is 1. The van der Waals surface area contributed by atoms with E-state index in [2.05, 4.69) is 33.0 Å². The first-order valence-corrected chi connectivity index (χ1v) is 6.99. The van der Waals surface area contributed by atoms with Crippen molar-refractivity contribution in [2.24, 2.45) is 11.1 Å². The molecule has 19 heavy (non-hydrogen) atoms. The summed E-state index contributed by atoms with van der Waals surface area (Å²) in [5.41, 5.74) is 7.51. The maximum atomic E-state index is 12.4. The van der Waals surface area contributed by atoms with Gasteiger partial charge in [-0.3, -0.25) is 4.79 Å². The van der Waals surface area contributed by atoms with Gasteiger partial charge >= 0.3 is 0 Å². The molecule has 0 radical (unpaired) electrons. The summed E-state index contributed by atoms with van der Waals surface area (Å²) in [6.07, 6.45) is 1.66. The van der Waals surface area contributed by atoms with E-state index in [9.17, 15) is 4.79 Å². The molecule has 0 saturated heterocycles. The molecule has 1 rings (SSSR count). The quantitative estimate of drug-likeness (QED) is 0.857. The van der Waals surface area contributed by atoms with E-state index >= 15 is 0 Å². The van der Waals surface area contributed by atoms with Crippen LogP contribution in [-0.4, -0.2) is 18.5 Å². The molecule has 1 aromatic carbocycles. The summed E-state index contributed by atoms with van der Waals surface area (Å²) in [4.78, 5) is 12.4. The molecule has 1 amide bonds. The highest BCUT2D eigenvalue weighted by atomic mass is 16.1. The second-order valence-corrected chi connectivity index (χ2v) is 5.98. The Bertz CT molecular complexity index is 421. The molecular weight excluding hydrogens is 236 g/mol. The minimum Gasteiger partial charge on any atom is -0.349 e. The van der Waals surface area contributed by atoms with Crippen LogP contribution in [0.25, 0.3) is 0 Å². The van der Waals surface area contributed by atoms with Gasteiger partial charge in [-0.15, -0.1) is 0 Å². The maximum Gasteiger partial charge on any atom is 0.251 e. The first-order chi connectivity index (χ1) is 8.90. The first kappa shape index (κ1) is 15.7. The number of nitrogens with two attached hydrogens (primary N) is 1. The van der Waals surface area contributed by atoms with Gasteiger partial charge in [-0.2, -0.15) is 0 Å². The maximum absolute atomic E-state index is 12.4. The largest absolute Gasteiger partial charge is 0.349 e. The van der Waals surface area contributed by atoms with E-state index in [-0.39, 0.29) is 17.4 Å². The predicted octanol–water partition coefficient (Wildman–Crippen LogP) is 2.74. The van der Waals surface area contributed by atoms with Crippen molar-refractivity contribution in [3.05, 3.63) is 35.4 Å². The van der Waals surface area contributed by atoms with Gasteiger partial charge in [-0.05, 0) is 36.4 Å². The van der Waals surface area contributed by atoms with Gasteiger partial charge in [0.05, 0.1) is 0 Å². The lowest BCUT2D eigenvalue weighted by molar-refractivity contribution is 0.0898. The fraction of sp³-hybridized carbons (Fsp3) is 0.562. The molecule has 3 heteroatoms. The molecule has 0 aliphatic rings. The number of rotatable bonds is 5. The second-order valence-electron chi connectivity index (χ2n) is 5.98. The monoisotopic (exact) mass is 262 g/mol. The Morgan fingerprint density at radius 3 is 2.47 bits per heavy atom. The molecule has 3 N–H and O–H groups in total. The highest BCUT2D eigenvalue weighted by Gasteiger charge is 2.26. The molecule has 1 aromatic rings. The minimum absolute atomic E-state index is 0.00539. The second kappa shape index (κ2) is 6.71. The van der Waals surface area contributed by atoms with Crippen LogP contribution in [0.15, 0.2) is 24.3 Å². The Labute approximate surface area is 116 Å². The smallest absolute Gasteiger partial charge is 0.251 e. The predicted molar refractivity (Wildman–Crippen MR) is 80.2 cm³/mol. The van der Waals surface area contributed by atoms with Crippen molar-refractivity contribution >= 4 is 5.91 Å². The van der Waals surface area contributed by atoms with Crippen molar-refractivity contribution in [1.82, 2.24) is 5.32 Å². The third kappa shape index (κ3) is 4.35. The Balaban J connectivity index is 2.88. The standard InChI is InChI=1S/C16H26N2O/c1-5-12-8-6-7-9-13(12)15(19)18-14(10-11-17)16(2,3)4/h6-9,14H,5,10-11,17H2,1-4H3,(H,18,19). The van der Waals surface area contributed by atoms with Crippen LogP contribution in [0.1, 0.15) is 50.0 Å². The van der Waals surface area contributed by atoms with Gasteiger partial charge in [-0.25, -0.2) is 0 Å². The van der Waals surface area contributed by atoms with Crippen LogP contribution in [-0.2, 0) is 6.42 Å². The van der Waals surface area contributed by atoms with Crippen molar-refractivity contribution in [3.8, 4) is 0 Å². The van der Waals surface area contributed by atoms with Crippen LogP contribution in [0.4, 0.5) is 0 Å². The zero-order chi connectivity index (χ0) is 14.5. The Kier molecular flexibility index (Phi) is 5.55. The number of hydrogen-bond donors (Lipinski definition) is 2. The number of carbonyl (C=O) groups is 1. The van der Waals surface area contributed by atoms with Gasteiger partial charge in [0.2, 0.25) is 0 Å². The summed E-state index contributed by atoms with van der Waals surface area (Å²) in [6, 6.07) is 7.86. The normalized spacial score (nSPS) is 13.1. The SMILES string of the molecule is CCc1ccccc1C(=O)NC(CCN)C(C)(C)C. The minimum atomic E-state index is 0.00539. The van der Waals surface area contributed by atoms with Gasteiger partial charge in [0.1, 0.15) is 0 Å². The van der Waals surface area contributed by atoms with Crippen LogP contribution in [0.3, 0.4) is 0 Å².